The van der Waals surface area contributed by atoms with E-state index < -0.39 is 0 Å². The van der Waals surface area contributed by atoms with Crippen molar-refractivity contribution in [1.29, 1.82) is 0 Å². The zero-order valence-corrected chi connectivity index (χ0v) is 14.9. The molecule has 0 aromatic heterocycles. The fraction of sp³-hybridized carbons (Fsp3) is 0.889. The third kappa shape index (κ3) is 3.60. The Labute approximate surface area is 134 Å². The smallest absolute Gasteiger partial charge is 0.0623 e. The summed E-state index contributed by atoms with van der Waals surface area (Å²) >= 11 is 0. The van der Waals surface area contributed by atoms with Crippen LogP contribution in [0.3, 0.4) is 0 Å². The lowest BCUT2D eigenvalue weighted by molar-refractivity contribution is 0.00241. The summed E-state index contributed by atoms with van der Waals surface area (Å²) in [5.41, 5.74) is 1.91. The lowest BCUT2D eigenvalue weighted by Gasteiger charge is -2.40. The second-order valence-electron chi connectivity index (χ2n) is 8.92. The van der Waals surface area contributed by atoms with E-state index in [4.69, 9.17) is 0 Å². The molecule has 4 heteroatoms. The summed E-state index contributed by atoms with van der Waals surface area (Å²) in [6.45, 7) is 12.5. The highest BCUT2D eigenvalue weighted by Crippen LogP contribution is 2.39. The van der Waals surface area contributed by atoms with Gasteiger partial charge in [0.2, 0.25) is 0 Å². The van der Waals surface area contributed by atoms with Crippen LogP contribution < -0.4 is 0 Å². The third-order valence-electron chi connectivity index (χ3n) is 5.45. The summed E-state index contributed by atoms with van der Waals surface area (Å²) < 4.78 is 0. The van der Waals surface area contributed by atoms with E-state index in [1.807, 2.05) is 0 Å². The molecule has 0 bridgehead atoms. The molecule has 0 heterocycles. The number of hydrogen-bond donors (Lipinski definition) is 2. The van der Waals surface area contributed by atoms with Crippen LogP contribution in [0.1, 0.15) is 67.2 Å². The van der Waals surface area contributed by atoms with Gasteiger partial charge in [-0.15, -0.1) is 0 Å². The van der Waals surface area contributed by atoms with Gasteiger partial charge in [0.1, 0.15) is 0 Å². The zero-order chi connectivity index (χ0) is 16.7. The highest BCUT2D eigenvalue weighted by Gasteiger charge is 2.40. The summed E-state index contributed by atoms with van der Waals surface area (Å²) in [5.74, 6) is 0.456. The van der Waals surface area contributed by atoms with Crippen molar-refractivity contribution in [1.82, 2.24) is 0 Å². The van der Waals surface area contributed by atoms with E-state index in [0.717, 1.165) is 37.1 Å². The third-order valence-corrected chi connectivity index (χ3v) is 5.45. The van der Waals surface area contributed by atoms with Crippen LogP contribution in [0.5, 0.6) is 0 Å². The first-order chi connectivity index (χ1) is 10.0. The molecule has 126 valence electrons. The van der Waals surface area contributed by atoms with Crippen molar-refractivity contribution < 1.29 is 10.2 Å². The van der Waals surface area contributed by atoms with Crippen LogP contribution in [-0.4, -0.2) is 33.8 Å². The highest BCUT2D eigenvalue weighted by atomic mass is 16.3. The maximum Gasteiger partial charge on any atom is 0.0623 e. The molecule has 2 N–H and O–H groups in total. The van der Waals surface area contributed by atoms with Gasteiger partial charge in [0.05, 0.1) is 12.2 Å². The molecule has 2 fully saturated rings. The Balaban J connectivity index is 2.13. The van der Waals surface area contributed by atoms with Gasteiger partial charge in [-0.2, -0.15) is 10.2 Å². The van der Waals surface area contributed by atoms with E-state index in [9.17, 15) is 10.2 Å². The summed E-state index contributed by atoms with van der Waals surface area (Å²) in [5, 5.41) is 29.6. The Morgan fingerprint density at radius 3 is 1.36 bits per heavy atom. The van der Waals surface area contributed by atoms with Crippen molar-refractivity contribution in [3.63, 3.8) is 0 Å². The molecule has 0 aliphatic heterocycles. The molecule has 2 rings (SSSR count). The lowest BCUT2D eigenvalue weighted by Crippen LogP contribution is -2.42. The molecule has 2 saturated carbocycles. The van der Waals surface area contributed by atoms with Gasteiger partial charge in [-0.05, 0) is 48.3 Å². The van der Waals surface area contributed by atoms with E-state index in [2.05, 4.69) is 51.7 Å². The maximum absolute atomic E-state index is 10.3. The predicted octanol–water partition coefficient (Wildman–Crippen LogP) is 3.42. The summed E-state index contributed by atoms with van der Waals surface area (Å²) in [6.07, 6.45) is 2.70. The monoisotopic (exact) mass is 308 g/mol. The molecule has 22 heavy (non-hydrogen) atoms. The quantitative estimate of drug-likeness (QED) is 0.729. The second-order valence-corrected chi connectivity index (χ2v) is 8.92. The Morgan fingerprint density at radius 1 is 0.773 bits per heavy atom. The number of aliphatic hydroxyl groups excluding tert-OH is 2. The number of aliphatic hydroxyl groups is 2. The standard InChI is InChI=1S/C18H32N2O2/c1-11-7-13(9-17(3,4)15(11)21)19-20-14-8-12(2)16(22)18(5,6)10-14/h11-12,15-16,21-22H,7-10H2,1-6H3/b19-13-,20-14+. The molecule has 0 aromatic rings. The van der Waals surface area contributed by atoms with Gasteiger partial charge in [0, 0.05) is 11.4 Å². The van der Waals surface area contributed by atoms with Crippen LogP contribution in [0, 0.1) is 22.7 Å². The van der Waals surface area contributed by atoms with Crippen LogP contribution in [0.2, 0.25) is 0 Å². The van der Waals surface area contributed by atoms with Crippen molar-refractivity contribution in [2.75, 3.05) is 0 Å². The van der Waals surface area contributed by atoms with Crippen molar-refractivity contribution in [2.24, 2.45) is 32.9 Å². The Hall–Kier alpha value is -0.740. The average molecular weight is 308 g/mol. The van der Waals surface area contributed by atoms with Crippen LogP contribution in [0.4, 0.5) is 0 Å². The molecule has 0 aromatic carbocycles. The van der Waals surface area contributed by atoms with E-state index >= 15 is 0 Å². The fourth-order valence-electron chi connectivity index (χ4n) is 4.21. The van der Waals surface area contributed by atoms with Crippen molar-refractivity contribution in [3.8, 4) is 0 Å². The molecule has 4 atom stereocenters. The minimum atomic E-state index is -0.275. The first-order valence-electron chi connectivity index (χ1n) is 8.50. The van der Waals surface area contributed by atoms with Crippen LogP contribution in [0.25, 0.3) is 0 Å². The highest BCUT2D eigenvalue weighted by molar-refractivity contribution is 5.89. The number of hydrogen-bond acceptors (Lipinski definition) is 4. The topological polar surface area (TPSA) is 65.2 Å². The second kappa shape index (κ2) is 6.04. The minimum Gasteiger partial charge on any atom is -0.392 e. The molecule has 2 aliphatic rings. The molecule has 0 spiro atoms. The van der Waals surface area contributed by atoms with Gasteiger partial charge in [-0.25, -0.2) is 0 Å². The molecule has 0 radical (unpaired) electrons. The first-order valence-corrected chi connectivity index (χ1v) is 8.50. The normalized spacial score (nSPS) is 41.8. The fourth-order valence-corrected chi connectivity index (χ4v) is 4.21. The van der Waals surface area contributed by atoms with E-state index in [1.54, 1.807) is 0 Å². The molecule has 2 aliphatic carbocycles. The zero-order valence-electron chi connectivity index (χ0n) is 14.9. The molecule has 0 amide bonds. The Morgan fingerprint density at radius 2 is 1.09 bits per heavy atom. The molecule has 4 nitrogen and oxygen atoms in total. The van der Waals surface area contributed by atoms with Gasteiger partial charge in [0.25, 0.3) is 0 Å². The Kier molecular flexibility index (Phi) is 4.84. The molecular weight excluding hydrogens is 276 g/mol. The largest absolute Gasteiger partial charge is 0.392 e. The molecule has 4 unspecified atom stereocenters. The van der Waals surface area contributed by atoms with Crippen LogP contribution in [-0.2, 0) is 0 Å². The molecule has 0 saturated heterocycles. The van der Waals surface area contributed by atoms with Crippen LogP contribution in [0.15, 0.2) is 10.2 Å². The first kappa shape index (κ1) is 17.6. The predicted molar refractivity (Wildman–Crippen MR) is 91.2 cm³/mol. The van der Waals surface area contributed by atoms with Crippen molar-refractivity contribution in [3.05, 3.63) is 0 Å². The number of nitrogens with zero attached hydrogens (tertiary/aromatic N) is 2. The van der Waals surface area contributed by atoms with Crippen molar-refractivity contribution in [2.45, 2.75) is 79.4 Å². The maximum atomic E-state index is 10.3. The van der Waals surface area contributed by atoms with Gasteiger partial charge in [-0.1, -0.05) is 41.5 Å². The van der Waals surface area contributed by atoms with Gasteiger partial charge in [-0.3, -0.25) is 0 Å². The average Bonchev–Trinajstić information content (AvgIpc) is 2.39. The number of rotatable bonds is 1. The Bertz CT molecular complexity index is 435. The summed E-state index contributed by atoms with van der Waals surface area (Å²) in [6, 6.07) is 0. The van der Waals surface area contributed by atoms with Crippen molar-refractivity contribution >= 4 is 11.4 Å². The SMILES string of the molecule is CC1C/C(=N/N=C2\CC(C)C(O)C(C)(C)C2)CC(C)(C)C1O. The van der Waals surface area contributed by atoms with Gasteiger partial charge >= 0.3 is 0 Å². The van der Waals surface area contributed by atoms with Gasteiger partial charge in [0.15, 0.2) is 0 Å². The van der Waals surface area contributed by atoms with Crippen LogP contribution >= 0.6 is 0 Å². The van der Waals surface area contributed by atoms with E-state index in [1.165, 1.54) is 0 Å². The minimum absolute atomic E-state index is 0.133. The summed E-state index contributed by atoms with van der Waals surface area (Å²) in [7, 11) is 0. The van der Waals surface area contributed by atoms with E-state index in [0.29, 0.717) is 0 Å². The molecular formula is C18H32N2O2. The summed E-state index contributed by atoms with van der Waals surface area (Å²) in [4.78, 5) is 0. The lowest BCUT2D eigenvalue weighted by atomic mass is 9.69. The van der Waals surface area contributed by atoms with E-state index in [-0.39, 0.29) is 34.9 Å². The van der Waals surface area contributed by atoms with Gasteiger partial charge < -0.3 is 10.2 Å².